The van der Waals surface area contributed by atoms with E-state index in [2.05, 4.69) is 10.1 Å². The van der Waals surface area contributed by atoms with Gasteiger partial charge < -0.3 is 10.1 Å². The van der Waals surface area contributed by atoms with Gasteiger partial charge in [-0.15, -0.1) is 0 Å². The number of nitrogens with one attached hydrogen (secondary N) is 1. The van der Waals surface area contributed by atoms with Crippen LogP contribution in [0.4, 0.5) is 8.78 Å². The van der Waals surface area contributed by atoms with Crippen molar-refractivity contribution in [3.63, 3.8) is 0 Å². The molecule has 82 valence electrons. The number of ether oxygens (including phenoxy) is 1. The third kappa shape index (κ3) is 2.65. The van der Waals surface area contributed by atoms with Crippen molar-refractivity contribution in [3.05, 3.63) is 29.8 Å². The Morgan fingerprint density at radius 3 is 2.53 bits per heavy atom. The van der Waals surface area contributed by atoms with Gasteiger partial charge in [0.05, 0.1) is 0 Å². The number of rotatable bonds is 3. The molecule has 1 fully saturated rings. The lowest BCUT2D eigenvalue weighted by molar-refractivity contribution is -0.0498. The fourth-order valence-corrected chi connectivity index (χ4v) is 1.85. The lowest BCUT2D eigenvalue weighted by atomic mass is 10.1. The summed E-state index contributed by atoms with van der Waals surface area (Å²) in [6.45, 7) is -1.72. The van der Waals surface area contributed by atoms with E-state index in [1.165, 1.54) is 6.42 Å². The molecule has 0 bridgehead atoms. The first kappa shape index (κ1) is 10.4. The Morgan fingerprint density at radius 1 is 1.27 bits per heavy atom. The van der Waals surface area contributed by atoms with E-state index in [9.17, 15) is 8.78 Å². The van der Waals surface area contributed by atoms with Gasteiger partial charge in [-0.25, -0.2) is 0 Å². The van der Waals surface area contributed by atoms with Gasteiger partial charge in [0.1, 0.15) is 5.75 Å². The molecule has 1 aliphatic heterocycles. The van der Waals surface area contributed by atoms with Crippen LogP contribution in [0.2, 0.25) is 0 Å². The average molecular weight is 213 g/mol. The maximum Gasteiger partial charge on any atom is 0.387 e. The second kappa shape index (κ2) is 4.57. The van der Waals surface area contributed by atoms with Gasteiger partial charge in [-0.05, 0) is 37.1 Å². The Morgan fingerprint density at radius 2 is 2.00 bits per heavy atom. The molecule has 1 aliphatic rings. The lowest BCUT2D eigenvalue weighted by Crippen LogP contribution is -2.12. The molecule has 15 heavy (non-hydrogen) atoms. The normalized spacial score (nSPS) is 20.9. The Hall–Kier alpha value is -1.16. The highest BCUT2D eigenvalue weighted by atomic mass is 19.3. The van der Waals surface area contributed by atoms with Crippen LogP contribution in [-0.4, -0.2) is 13.2 Å². The van der Waals surface area contributed by atoms with E-state index in [1.807, 2.05) is 12.1 Å². The molecule has 0 radical (unpaired) electrons. The van der Waals surface area contributed by atoms with E-state index < -0.39 is 6.61 Å². The van der Waals surface area contributed by atoms with Crippen molar-refractivity contribution < 1.29 is 13.5 Å². The largest absolute Gasteiger partial charge is 0.435 e. The number of hydrogen-bond acceptors (Lipinski definition) is 2. The summed E-state index contributed by atoms with van der Waals surface area (Å²) in [5, 5.41) is 3.34. The number of hydrogen-bond donors (Lipinski definition) is 1. The Labute approximate surface area is 87.2 Å². The van der Waals surface area contributed by atoms with Crippen LogP contribution in [0.3, 0.4) is 0 Å². The van der Waals surface area contributed by atoms with Crippen molar-refractivity contribution in [2.75, 3.05) is 6.54 Å². The van der Waals surface area contributed by atoms with Crippen molar-refractivity contribution in [1.29, 1.82) is 0 Å². The van der Waals surface area contributed by atoms with Crippen LogP contribution >= 0.6 is 0 Å². The van der Waals surface area contributed by atoms with E-state index in [0.29, 0.717) is 6.04 Å². The first-order chi connectivity index (χ1) is 7.25. The van der Waals surface area contributed by atoms with Crippen LogP contribution in [0.15, 0.2) is 24.3 Å². The molecule has 1 atom stereocenters. The zero-order valence-corrected chi connectivity index (χ0v) is 8.25. The van der Waals surface area contributed by atoms with E-state index in [0.717, 1.165) is 18.5 Å². The Balaban J connectivity index is 2.03. The molecular formula is C11H13F2NO. The van der Waals surface area contributed by atoms with E-state index in [1.54, 1.807) is 12.1 Å². The maximum atomic E-state index is 11.9. The minimum Gasteiger partial charge on any atom is -0.435 e. The molecule has 1 aromatic rings. The van der Waals surface area contributed by atoms with Gasteiger partial charge in [0.15, 0.2) is 0 Å². The van der Waals surface area contributed by atoms with Gasteiger partial charge in [0, 0.05) is 6.04 Å². The molecule has 0 saturated carbocycles. The number of alkyl halides is 2. The standard InChI is InChI=1S/C11H13F2NO/c12-11(13)15-9-5-3-8(4-6-9)10-2-1-7-14-10/h3-6,10-11,14H,1-2,7H2/t10-/m0/s1. The molecule has 0 spiro atoms. The van der Waals surface area contributed by atoms with Gasteiger partial charge in [0.2, 0.25) is 0 Å². The Kier molecular flexibility index (Phi) is 3.16. The summed E-state index contributed by atoms with van der Waals surface area (Å²) >= 11 is 0. The molecule has 0 aromatic heterocycles. The molecular weight excluding hydrogens is 200 g/mol. The highest BCUT2D eigenvalue weighted by Crippen LogP contribution is 2.25. The predicted molar refractivity (Wildman–Crippen MR) is 53.1 cm³/mol. The van der Waals surface area contributed by atoms with Gasteiger partial charge >= 0.3 is 6.61 Å². The predicted octanol–water partition coefficient (Wildman–Crippen LogP) is 2.71. The van der Waals surface area contributed by atoms with Crippen LogP contribution < -0.4 is 10.1 Å². The zero-order chi connectivity index (χ0) is 10.7. The van der Waals surface area contributed by atoms with Gasteiger partial charge in [0.25, 0.3) is 0 Å². The number of halogens is 2. The third-order valence-electron chi connectivity index (χ3n) is 2.57. The highest BCUT2D eigenvalue weighted by Gasteiger charge is 2.15. The molecule has 2 nitrogen and oxygen atoms in total. The molecule has 1 heterocycles. The quantitative estimate of drug-likeness (QED) is 0.833. The van der Waals surface area contributed by atoms with Crippen LogP contribution in [0.5, 0.6) is 5.75 Å². The van der Waals surface area contributed by atoms with Crippen molar-refractivity contribution in [3.8, 4) is 5.75 Å². The summed E-state index contributed by atoms with van der Waals surface area (Å²) in [6, 6.07) is 7.20. The molecule has 1 N–H and O–H groups in total. The fourth-order valence-electron chi connectivity index (χ4n) is 1.85. The second-order valence-electron chi connectivity index (χ2n) is 3.60. The van der Waals surface area contributed by atoms with Crippen LogP contribution in [0, 0.1) is 0 Å². The van der Waals surface area contributed by atoms with E-state index in [-0.39, 0.29) is 5.75 Å². The molecule has 0 aliphatic carbocycles. The van der Waals surface area contributed by atoms with Crippen molar-refractivity contribution in [1.82, 2.24) is 5.32 Å². The first-order valence-corrected chi connectivity index (χ1v) is 5.04. The molecule has 2 rings (SSSR count). The molecule has 1 aromatic carbocycles. The summed E-state index contributed by atoms with van der Waals surface area (Å²) in [4.78, 5) is 0. The fraction of sp³-hybridized carbons (Fsp3) is 0.455. The maximum absolute atomic E-state index is 11.9. The summed E-state index contributed by atoms with van der Waals surface area (Å²) < 4.78 is 28.1. The van der Waals surface area contributed by atoms with E-state index in [4.69, 9.17) is 0 Å². The summed E-state index contributed by atoms with van der Waals surface area (Å²) in [7, 11) is 0. The molecule has 4 heteroatoms. The van der Waals surface area contributed by atoms with E-state index >= 15 is 0 Å². The minimum atomic E-state index is -2.75. The SMILES string of the molecule is FC(F)Oc1ccc([C@@H]2CCCN2)cc1. The van der Waals surface area contributed by atoms with Gasteiger partial charge in [-0.2, -0.15) is 8.78 Å². The monoisotopic (exact) mass is 213 g/mol. The molecule has 0 amide bonds. The summed E-state index contributed by atoms with van der Waals surface area (Å²) in [5.41, 5.74) is 1.13. The summed E-state index contributed by atoms with van der Waals surface area (Å²) in [5.74, 6) is 0.215. The van der Waals surface area contributed by atoms with Crippen molar-refractivity contribution in [2.45, 2.75) is 25.5 Å². The first-order valence-electron chi connectivity index (χ1n) is 5.04. The van der Waals surface area contributed by atoms with Crippen LogP contribution in [0.1, 0.15) is 24.4 Å². The Bertz CT molecular complexity index is 307. The highest BCUT2D eigenvalue weighted by molar-refractivity contribution is 5.29. The second-order valence-corrected chi connectivity index (χ2v) is 3.60. The lowest BCUT2D eigenvalue weighted by Gasteiger charge is -2.11. The summed E-state index contributed by atoms with van der Waals surface area (Å²) in [6.07, 6.45) is 2.27. The molecule has 0 unspecified atom stereocenters. The van der Waals surface area contributed by atoms with Crippen molar-refractivity contribution in [2.24, 2.45) is 0 Å². The average Bonchev–Trinajstić information content (AvgIpc) is 2.71. The van der Waals surface area contributed by atoms with Crippen molar-refractivity contribution >= 4 is 0 Å². The molecule has 1 saturated heterocycles. The van der Waals surface area contributed by atoms with Crippen LogP contribution in [0.25, 0.3) is 0 Å². The minimum absolute atomic E-state index is 0.215. The van der Waals surface area contributed by atoms with Gasteiger partial charge in [-0.1, -0.05) is 12.1 Å². The zero-order valence-electron chi connectivity index (χ0n) is 8.25. The number of benzene rings is 1. The third-order valence-corrected chi connectivity index (χ3v) is 2.57. The van der Waals surface area contributed by atoms with Gasteiger partial charge in [-0.3, -0.25) is 0 Å². The smallest absolute Gasteiger partial charge is 0.387 e. The van der Waals surface area contributed by atoms with Crippen LogP contribution in [-0.2, 0) is 0 Å². The topological polar surface area (TPSA) is 21.3 Å².